The summed E-state index contributed by atoms with van der Waals surface area (Å²) in [4.78, 5) is 28.3. The third kappa shape index (κ3) is 5.36. The number of amides is 3. The van der Waals surface area contributed by atoms with Gasteiger partial charge in [-0.1, -0.05) is 32.4 Å². The van der Waals surface area contributed by atoms with Crippen molar-refractivity contribution >= 4 is 11.9 Å². The normalized spacial score (nSPS) is 18.8. The summed E-state index contributed by atoms with van der Waals surface area (Å²) in [6.07, 6.45) is 3.33. The van der Waals surface area contributed by atoms with Crippen LogP contribution >= 0.6 is 0 Å². The number of hydrogen-bond donors (Lipinski definition) is 2. The number of hydrogen-bond acceptors (Lipinski definition) is 4. The van der Waals surface area contributed by atoms with Crippen LogP contribution in [-0.2, 0) is 11.2 Å². The van der Waals surface area contributed by atoms with Crippen molar-refractivity contribution in [3.05, 3.63) is 58.9 Å². The van der Waals surface area contributed by atoms with E-state index in [9.17, 15) is 14.0 Å². The van der Waals surface area contributed by atoms with Gasteiger partial charge in [0.15, 0.2) is 11.5 Å². The van der Waals surface area contributed by atoms with E-state index in [1.54, 1.807) is 31.3 Å². The van der Waals surface area contributed by atoms with Crippen molar-refractivity contribution in [2.45, 2.75) is 57.7 Å². The molecule has 0 bridgehead atoms. The summed E-state index contributed by atoms with van der Waals surface area (Å²) < 4.78 is 24.8. The van der Waals surface area contributed by atoms with Gasteiger partial charge in [0.25, 0.3) is 0 Å². The number of rotatable bonds is 8. The van der Waals surface area contributed by atoms with E-state index in [0.717, 1.165) is 36.0 Å². The molecule has 8 heteroatoms. The van der Waals surface area contributed by atoms with Crippen LogP contribution in [0.5, 0.6) is 11.5 Å². The molecule has 0 aromatic heterocycles. The highest BCUT2D eigenvalue weighted by Crippen LogP contribution is 2.41. The van der Waals surface area contributed by atoms with Gasteiger partial charge in [-0.15, -0.1) is 0 Å². The maximum absolute atomic E-state index is 13.7. The fourth-order valence-electron chi connectivity index (χ4n) is 4.61. The van der Waals surface area contributed by atoms with Gasteiger partial charge in [0.1, 0.15) is 11.9 Å². The Kier molecular flexibility index (Phi) is 7.48. The summed E-state index contributed by atoms with van der Waals surface area (Å²) in [5, 5.41) is 6.03. The van der Waals surface area contributed by atoms with Gasteiger partial charge in [-0.2, -0.15) is 0 Å². The van der Waals surface area contributed by atoms with Crippen LogP contribution in [0.2, 0.25) is 0 Å². The molecule has 1 saturated carbocycles. The summed E-state index contributed by atoms with van der Waals surface area (Å²) >= 11 is 0. The SMILES string of the molecule is CC[C@H](C)[C@H](NC(=O)N1CCc2cc(OC)c(OC)cc2[C@H]1c1ccc(F)cc1)C(=O)NC1CC1. The number of methoxy groups -OCH3 is 2. The lowest BCUT2D eigenvalue weighted by molar-refractivity contribution is -0.124. The Bertz CT molecular complexity index is 1070. The Morgan fingerprint density at radius 3 is 2.37 bits per heavy atom. The van der Waals surface area contributed by atoms with E-state index in [-0.39, 0.29) is 29.7 Å². The van der Waals surface area contributed by atoms with Gasteiger partial charge in [0.05, 0.1) is 20.3 Å². The number of carbonyl (C=O) groups excluding carboxylic acids is 2. The molecule has 0 spiro atoms. The van der Waals surface area contributed by atoms with Gasteiger partial charge in [0, 0.05) is 12.6 Å². The van der Waals surface area contributed by atoms with Crippen molar-refractivity contribution in [1.29, 1.82) is 0 Å². The minimum Gasteiger partial charge on any atom is -0.493 e. The molecular weight excluding hydrogens is 449 g/mol. The van der Waals surface area contributed by atoms with Gasteiger partial charge in [-0.3, -0.25) is 4.79 Å². The maximum Gasteiger partial charge on any atom is 0.318 e. The molecule has 1 aliphatic carbocycles. The predicted molar refractivity (Wildman–Crippen MR) is 131 cm³/mol. The molecular formula is C27H34FN3O4. The third-order valence-corrected chi connectivity index (χ3v) is 7.02. The lowest BCUT2D eigenvalue weighted by Gasteiger charge is -2.39. The molecule has 3 amide bonds. The zero-order valence-electron chi connectivity index (χ0n) is 20.8. The highest BCUT2D eigenvalue weighted by atomic mass is 19.1. The van der Waals surface area contributed by atoms with E-state index in [1.165, 1.54) is 12.1 Å². The summed E-state index contributed by atoms with van der Waals surface area (Å²) in [6, 6.07) is 8.78. The van der Waals surface area contributed by atoms with Crippen molar-refractivity contribution in [2.24, 2.45) is 5.92 Å². The Morgan fingerprint density at radius 1 is 1.11 bits per heavy atom. The van der Waals surface area contributed by atoms with Crippen LogP contribution in [0.15, 0.2) is 36.4 Å². The first kappa shape index (κ1) is 24.8. The molecule has 1 aliphatic heterocycles. The van der Waals surface area contributed by atoms with Gasteiger partial charge in [-0.05, 0) is 66.1 Å². The standard InChI is InChI=1S/C27H34FN3O4/c1-5-16(2)24(26(32)29-20-10-11-20)30-27(33)31-13-12-18-14-22(34-3)23(35-4)15-21(18)25(31)17-6-8-19(28)9-7-17/h6-9,14-16,20,24-25H,5,10-13H2,1-4H3,(H,29,32)(H,30,33)/t16-,24-,25+/m0/s1. The molecule has 2 N–H and O–H groups in total. The van der Waals surface area contributed by atoms with Crippen molar-refractivity contribution in [3.8, 4) is 11.5 Å². The van der Waals surface area contributed by atoms with Crippen LogP contribution in [0.4, 0.5) is 9.18 Å². The monoisotopic (exact) mass is 483 g/mol. The third-order valence-electron chi connectivity index (χ3n) is 7.02. The van der Waals surface area contributed by atoms with E-state index >= 15 is 0 Å². The smallest absolute Gasteiger partial charge is 0.318 e. The van der Waals surface area contributed by atoms with E-state index < -0.39 is 12.1 Å². The number of halogens is 1. The number of benzene rings is 2. The number of fused-ring (bicyclic) bond motifs is 1. The van der Waals surface area contributed by atoms with Crippen molar-refractivity contribution in [3.63, 3.8) is 0 Å². The summed E-state index contributed by atoms with van der Waals surface area (Å²) in [6.45, 7) is 4.41. The van der Waals surface area contributed by atoms with Crippen LogP contribution < -0.4 is 20.1 Å². The largest absolute Gasteiger partial charge is 0.493 e. The van der Waals surface area contributed by atoms with E-state index in [4.69, 9.17) is 9.47 Å². The first-order chi connectivity index (χ1) is 16.9. The summed E-state index contributed by atoms with van der Waals surface area (Å²) in [5.74, 6) is 0.667. The minimum atomic E-state index is -0.631. The average Bonchev–Trinajstić information content (AvgIpc) is 3.69. The zero-order chi connectivity index (χ0) is 25.1. The number of ether oxygens (including phenoxy) is 2. The van der Waals surface area contributed by atoms with E-state index in [2.05, 4.69) is 10.6 Å². The van der Waals surface area contributed by atoms with Gasteiger partial charge in [-0.25, -0.2) is 9.18 Å². The molecule has 1 fully saturated rings. The van der Waals surface area contributed by atoms with Crippen molar-refractivity contribution in [2.75, 3.05) is 20.8 Å². The van der Waals surface area contributed by atoms with Crippen LogP contribution in [0.1, 0.15) is 55.8 Å². The average molecular weight is 484 g/mol. The van der Waals surface area contributed by atoms with Crippen LogP contribution in [0.25, 0.3) is 0 Å². The molecule has 2 aromatic carbocycles. The fourth-order valence-corrected chi connectivity index (χ4v) is 4.61. The van der Waals surface area contributed by atoms with E-state index in [0.29, 0.717) is 24.5 Å². The Balaban J connectivity index is 1.69. The Hall–Kier alpha value is -3.29. The first-order valence-corrected chi connectivity index (χ1v) is 12.2. The Morgan fingerprint density at radius 2 is 1.77 bits per heavy atom. The second kappa shape index (κ2) is 10.5. The maximum atomic E-state index is 13.7. The summed E-state index contributed by atoms with van der Waals surface area (Å²) in [7, 11) is 3.16. The molecule has 7 nitrogen and oxygen atoms in total. The van der Waals surface area contributed by atoms with Gasteiger partial charge < -0.3 is 25.0 Å². The summed E-state index contributed by atoms with van der Waals surface area (Å²) in [5.41, 5.74) is 2.70. The molecule has 2 aromatic rings. The molecule has 0 radical (unpaired) electrons. The quantitative estimate of drug-likeness (QED) is 0.590. The molecule has 4 rings (SSSR count). The molecule has 2 aliphatic rings. The lowest BCUT2D eigenvalue weighted by atomic mass is 9.87. The van der Waals surface area contributed by atoms with Crippen molar-refractivity contribution in [1.82, 2.24) is 15.5 Å². The zero-order valence-corrected chi connectivity index (χ0v) is 20.8. The molecule has 1 heterocycles. The number of nitrogens with one attached hydrogen (secondary N) is 2. The molecule has 35 heavy (non-hydrogen) atoms. The number of urea groups is 1. The lowest BCUT2D eigenvalue weighted by Crippen LogP contribution is -2.55. The highest BCUT2D eigenvalue weighted by molar-refractivity contribution is 5.88. The minimum absolute atomic E-state index is 0.0246. The predicted octanol–water partition coefficient (Wildman–Crippen LogP) is 4.19. The first-order valence-electron chi connectivity index (χ1n) is 12.2. The second-order valence-electron chi connectivity index (χ2n) is 9.40. The van der Waals surface area contributed by atoms with Gasteiger partial charge in [0.2, 0.25) is 5.91 Å². The fraction of sp³-hybridized carbons (Fsp3) is 0.481. The van der Waals surface area contributed by atoms with Crippen molar-refractivity contribution < 1.29 is 23.5 Å². The van der Waals surface area contributed by atoms with Crippen LogP contribution in [-0.4, -0.2) is 49.7 Å². The molecule has 188 valence electrons. The molecule has 0 saturated heterocycles. The second-order valence-corrected chi connectivity index (χ2v) is 9.40. The van der Waals surface area contributed by atoms with Crippen LogP contribution in [0, 0.1) is 11.7 Å². The molecule has 0 unspecified atom stereocenters. The van der Waals surface area contributed by atoms with Crippen LogP contribution in [0.3, 0.4) is 0 Å². The van der Waals surface area contributed by atoms with Gasteiger partial charge >= 0.3 is 6.03 Å². The topological polar surface area (TPSA) is 79.9 Å². The Labute approximate surface area is 206 Å². The molecule has 3 atom stereocenters. The highest BCUT2D eigenvalue weighted by Gasteiger charge is 2.37. The number of carbonyl (C=O) groups is 2. The van der Waals surface area contributed by atoms with E-state index in [1.807, 2.05) is 26.0 Å². The number of nitrogens with zero attached hydrogens (tertiary/aromatic N) is 1.